The maximum atomic E-state index is 11.1. The predicted molar refractivity (Wildman–Crippen MR) is 111 cm³/mol. The number of carbonyl (C=O) groups is 2. The molecule has 0 heterocycles. The Morgan fingerprint density at radius 3 is 2.26 bits per heavy atom. The summed E-state index contributed by atoms with van der Waals surface area (Å²) in [4.78, 5) is 21.5. The Kier molecular flexibility index (Phi) is 14.1. The van der Waals surface area contributed by atoms with E-state index in [1.165, 1.54) is 12.8 Å². The third-order valence-corrected chi connectivity index (χ3v) is 3.72. The second-order valence-corrected chi connectivity index (χ2v) is 6.08. The highest BCUT2D eigenvalue weighted by molar-refractivity contribution is 5.87. The Morgan fingerprint density at radius 1 is 1.04 bits per heavy atom. The lowest BCUT2D eigenvalue weighted by Gasteiger charge is -2.04. The minimum atomic E-state index is -0.942. The number of carboxylic acids is 1. The van der Waals surface area contributed by atoms with E-state index in [0.717, 1.165) is 18.4 Å². The van der Waals surface area contributed by atoms with Crippen LogP contribution in [0.15, 0.2) is 60.7 Å². The second-order valence-electron chi connectivity index (χ2n) is 6.08. The van der Waals surface area contributed by atoms with Crippen LogP contribution >= 0.6 is 0 Å². The van der Waals surface area contributed by atoms with Gasteiger partial charge in [-0.1, -0.05) is 88.8 Å². The van der Waals surface area contributed by atoms with Gasteiger partial charge in [0, 0.05) is 11.1 Å². The van der Waals surface area contributed by atoms with Crippen molar-refractivity contribution in [2.75, 3.05) is 6.61 Å². The van der Waals surface area contributed by atoms with E-state index in [1.54, 1.807) is 6.08 Å². The average Bonchev–Trinajstić information content (AvgIpc) is 2.68. The van der Waals surface area contributed by atoms with Gasteiger partial charge in [0.1, 0.15) is 0 Å². The van der Waals surface area contributed by atoms with Crippen molar-refractivity contribution in [3.8, 4) is 0 Å². The highest BCUT2D eigenvalue weighted by Crippen LogP contribution is 2.05. The molecule has 148 valence electrons. The zero-order valence-corrected chi connectivity index (χ0v) is 16.6. The molecule has 1 N–H and O–H groups in total. The van der Waals surface area contributed by atoms with Gasteiger partial charge < -0.3 is 9.84 Å². The molecule has 0 fully saturated rings. The molecule has 0 aliphatic rings. The zero-order chi connectivity index (χ0) is 20.5. The molecule has 0 spiro atoms. The van der Waals surface area contributed by atoms with Crippen LogP contribution in [-0.2, 0) is 14.3 Å². The van der Waals surface area contributed by atoms with E-state index in [0.29, 0.717) is 25.0 Å². The quantitative estimate of drug-likeness (QED) is 0.302. The Morgan fingerprint density at radius 2 is 1.70 bits per heavy atom. The number of hydrogen-bond acceptors (Lipinski definition) is 3. The van der Waals surface area contributed by atoms with Crippen LogP contribution in [0.5, 0.6) is 0 Å². The van der Waals surface area contributed by atoms with Crippen molar-refractivity contribution in [3.05, 3.63) is 66.3 Å². The van der Waals surface area contributed by atoms with Crippen molar-refractivity contribution in [2.45, 2.75) is 52.4 Å². The number of carboxylic acid groups (broad SMARTS) is 1. The van der Waals surface area contributed by atoms with E-state index in [4.69, 9.17) is 9.84 Å². The maximum absolute atomic E-state index is 11.1. The van der Waals surface area contributed by atoms with E-state index >= 15 is 0 Å². The minimum Gasteiger partial charge on any atom is -0.478 e. The lowest BCUT2D eigenvalue weighted by atomic mass is 10.1. The third kappa shape index (κ3) is 13.3. The lowest BCUT2D eigenvalue weighted by Crippen LogP contribution is -2.07. The smallest absolute Gasteiger partial charge is 0.333 e. The molecule has 4 nitrogen and oxygen atoms in total. The SMILES string of the molecule is C=C(CC)C(=O)OCCCCCC.C=C(CC=Cc1ccccc1)C(=O)O. The van der Waals surface area contributed by atoms with E-state index in [9.17, 15) is 9.59 Å². The molecule has 4 heteroatoms. The summed E-state index contributed by atoms with van der Waals surface area (Å²) in [7, 11) is 0. The molecule has 0 saturated carbocycles. The first-order chi connectivity index (χ1) is 12.9. The molecule has 1 aromatic rings. The van der Waals surface area contributed by atoms with Crippen LogP contribution in [-0.4, -0.2) is 23.7 Å². The molecule has 0 amide bonds. The van der Waals surface area contributed by atoms with Gasteiger partial charge in [-0.2, -0.15) is 0 Å². The van der Waals surface area contributed by atoms with Gasteiger partial charge in [0.2, 0.25) is 0 Å². The van der Waals surface area contributed by atoms with Crippen LogP contribution in [0, 0.1) is 0 Å². The number of ether oxygens (including phenoxy) is 1. The summed E-state index contributed by atoms with van der Waals surface area (Å²) < 4.78 is 5.00. The number of benzene rings is 1. The van der Waals surface area contributed by atoms with Crippen LogP contribution in [0.2, 0.25) is 0 Å². The minimum absolute atomic E-state index is 0.206. The molecule has 27 heavy (non-hydrogen) atoms. The fourth-order valence-electron chi connectivity index (χ4n) is 1.93. The third-order valence-electron chi connectivity index (χ3n) is 3.72. The molecule has 0 aromatic heterocycles. The number of allylic oxidation sites excluding steroid dienone is 1. The molecular formula is C23H32O4. The highest BCUT2D eigenvalue weighted by Gasteiger charge is 2.04. The Hall–Kier alpha value is -2.62. The monoisotopic (exact) mass is 372 g/mol. The Bertz CT molecular complexity index is 615. The van der Waals surface area contributed by atoms with Gasteiger partial charge in [0.15, 0.2) is 0 Å². The van der Waals surface area contributed by atoms with Crippen molar-refractivity contribution >= 4 is 18.0 Å². The topological polar surface area (TPSA) is 63.6 Å². The summed E-state index contributed by atoms with van der Waals surface area (Å²) in [6.45, 7) is 11.6. The fourth-order valence-corrected chi connectivity index (χ4v) is 1.93. The van der Waals surface area contributed by atoms with E-state index in [1.807, 2.05) is 43.3 Å². The highest BCUT2D eigenvalue weighted by atomic mass is 16.5. The van der Waals surface area contributed by atoms with Gasteiger partial charge in [0.05, 0.1) is 6.61 Å². The summed E-state index contributed by atoms with van der Waals surface area (Å²) in [5, 5.41) is 8.55. The van der Waals surface area contributed by atoms with Crippen molar-refractivity contribution in [1.82, 2.24) is 0 Å². The van der Waals surface area contributed by atoms with Crippen LogP contribution in [0.3, 0.4) is 0 Å². The van der Waals surface area contributed by atoms with E-state index in [-0.39, 0.29) is 11.5 Å². The molecule has 0 radical (unpaired) electrons. The standard InChI is InChI=1S/C12H12O2.C11H20O2/c1-10(12(13)14)6-5-9-11-7-3-2-4-8-11;1-4-6-7-8-9-13-11(12)10(3)5-2/h2-5,7-9H,1,6H2,(H,13,14);3-9H2,1-2H3. The largest absolute Gasteiger partial charge is 0.478 e. The number of hydrogen-bond donors (Lipinski definition) is 1. The number of aliphatic carboxylic acids is 1. The summed E-state index contributed by atoms with van der Waals surface area (Å²) in [6.07, 6.45) is 9.26. The first kappa shape index (κ1) is 24.4. The van der Waals surface area contributed by atoms with Crippen LogP contribution in [0.25, 0.3) is 6.08 Å². The van der Waals surface area contributed by atoms with Gasteiger partial charge in [-0.15, -0.1) is 0 Å². The van der Waals surface area contributed by atoms with Crippen LogP contribution < -0.4 is 0 Å². The molecular weight excluding hydrogens is 340 g/mol. The van der Waals surface area contributed by atoms with Gasteiger partial charge >= 0.3 is 11.9 Å². The summed E-state index contributed by atoms with van der Waals surface area (Å²) in [5.41, 5.74) is 1.83. The van der Waals surface area contributed by atoms with Crippen molar-refractivity contribution in [1.29, 1.82) is 0 Å². The maximum Gasteiger partial charge on any atom is 0.333 e. The molecule has 0 unspecified atom stereocenters. The van der Waals surface area contributed by atoms with Crippen LogP contribution in [0.1, 0.15) is 57.9 Å². The first-order valence-corrected chi connectivity index (χ1v) is 9.39. The molecule has 1 aromatic carbocycles. The van der Waals surface area contributed by atoms with Crippen molar-refractivity contribution in [2.24, 2.45) is 0 Å². The second kappa shape index (κ2) is 15.6. The summed E-state index contributed by atoms with van der Waals surface area (Å²) in [5.74, 6) is -1.18. The lowest BCUT2D eigenvalue weighted by molar-refractivity contribution is -0.139. The molecule has 0 aliphatic carbocycles. The Balaban J connectivity index is 0.000000503. The zero-order valence-electron chi connectivity index (χ0n) is 16.6. The van der Waals surface area contributed by atoms with Gasteiger partial charge in [-0.25, -0.2) is 9.59 Å². The van der Waals surface area contributed by atoms with Crippen LogP contribution in [0.4, 0.5) is 0 Å². The van der Waals surface area contributed by atoms with E-state index < -0.39 is 5.97 Å². The summed E-state index contributed by atoms with van der Waals surface area (Å²) in [6, 6.07) is 9.73. The van der Waals surface area contributed by atoms with Gasteiger partial charge in [0.25, 0.3) is 0 Å². The molecule has 0 atom stereocenters. The van der Waals surface area contributed by atoms with E-state index in [2.05, 4.69) is 20.1 Å². The van der Waals surface area contributed by atoms with Crippen molar-refractivity contribution in [3.63, 3.8) is 0 Å². The normalized spacial score (nSPS) is 10.0. The van der Waals surface area contributed by atoms with Gasteiger partial charge in [-0.05, 0) is 24.8 Å². The average molecular weight is 373 g/mol. The molecule has 0 bridgehead atoms. The first-order valence-electron chi connectivity index (χ1n) is 9.39. The fraction of sp³-hybridized carbons (Fsp3) is 0.391. The molecule has 0 saturated heterocycles. The number of unbranched alkanes of at least 4 members (excludes halogenated alkanes) is 3. The molecule has 0 aliphatic heterocycles. The van der Waals surface area contributed by atoms with Crippen molar-refractivity contribution < 1.29 is 19.4 Å². The number of carbonyl (C=O) groups excluding carboxylic acids is 1. The molecule has 1 rings (SSSR count). The summed E-state index contributed by atoms with van der Waals surface area (Å²) >= 11 is 0. The number of rotatable bonds is 11. The van der Waals surface area contributed by atoms with Gasteiger partial charge in [-0.3, -0.25) is 0 Å². The number of esters is 1. The Labute approximate surface area is 163 Å². The predicted octanol–water partition coefficient (Wildman–Crippen LogP) is 5.81.